The number of carbonyl (C=O) groups excluding carboxylic acids is 1. The first-order chi connectivity index (χ1) is 11.7. The second-order valence-corrected chi connectivity index (χ2v) is 5.86. The van der Waals surface area contributed by atoms with Crippen LogP contribution in [-0.2, 0) is 13.0 Å². The molecule has 0 N–H and O–H groups in total. The van der Waals surface area contributed by atoms with E-state index in [2.05, 4.69) is 23.9 Å². The molecule has 0 aliphatic carbocycles. The number of unbranched alkanes of at least 4 members (excludes halogenated alkanes) is 2. The zero-order valence-corrected chi connectivity index (χ0v) is 15.4. The Morgan fingerprint density at radius 2 is 1.58 bits per heavy atom. The molecule has 132 valence electrons. The molecule has 0 spiro atoms. The van der Waals surface area contributed by atoms with Crippen molar-refractivity contribution in [2.75, 3.05) is 0 Å². The highest BCUT2D eigenvalue weighted by molar-refractivity contribution is 5.92. The monoisotopic (exact) mass is 329 g/mol. The minimum absolute atomic E-state index is 0.0735. The van der Waals surface area contributed by atoms with Gasteiger partial charge in [-0.15, -0.1) is 5.10 Å². The Labute approximate surface area is 146 Å². The normalized spacial score (nSPS) is 11.6. The number of Topliss-reactive ketones (excluding diaryl/α,β-unsaturated/α-hetero) is 1. The molecule has 0 fully saturated rings. The molecule has 0 atom stereocenters. The molecule has 4 nitrogen and oxygen atoms in total. The molecule has 3 rings (SSSR count). The molecule has 0 saturated heterocycles. The second-order valence-electron chi connectivity index (χ2n) is 5.86. The zero-order valence-electron chi connectivity index (χ0n) is 15.4. The van der Waals surface area contributed by atoms with Gasteiger partial charge in [0.15, 0.2) is 0 Å². The Bertz CT molecular complexity index is 513. The largest absolute Gasteiger partial charge is 0.291 e. The number of hydrogen-bond donors (Lipinski definition) is 0. The summed E-state index contributed by atoms with van der Waals surface area (Å²) < 4.78 is 1.85. The summed E-state index contributed by atoms with van der Waals surface area (Å²) in [6.07, 6.45) is 7.57. The average molecular weight is 329 g/mol. The van der Waals surface area contributed by atoms with Crippen LogP contribution in [0.25, 0.3) is 0 Å². The fraction of sp³-hybridized carbons (Fsp3) is 0.550. The first-order valence-corrected chi connectivity index (χ1v) is 9.19. The Balaban J connectivity index is 0.000000218. The van der Waals surface area contributed by atoms with Crippen LogP contribution in [0.4, 0.5) is 0 Å². The van der Waals surface area contributed by atoms with Crippen molar-refractivity contribution < 1.29 is 4.79 Å². The third-order valence-electron chi connectivity index (χ3n) is 3.62. The van der Waals surface area contributed by atoms with Crippen LogP contribution in [0.2, 0.25) is 0 Å². The first kappa shape index (κ1) is 20.1. The highest BCUT2D eigenvalue weighted by Crippen LogP contribution is 2.12. The summed E-state index contributed by atoms with van der Waals surface area (Å²) in [7, 11) is 0. The fourth-order valence-corrected chi connectivity index (χ4v) is 2.32. The van der Waals surface area contributed by atoms with Crippen LogP contribution in [0.1, 0.15) is 75.7 Å². The zero-order chi connectivity index (χ0) is 17.6. The molecular formula is C20H31N3O. The topological polar surface area (TPSA) is 47.8 Å². The number of aromatic nitrogens is 3. The molecule has 2 heterocycles. The molecular weight excluding hydrogens is 298 g/mol. The Kier molecular flexibility index (Phi) is 10.4. The molecule has 0 amide bonds. The smallest absolute Gasteiger partial charge is 0.217 e. The summed E-state index contributed by atoms with van der Waals surface area (Å²) in [6.45, 7) is 7.33. The van der Waals surface area contributed by atoms with Gasteiger partial charge in [0.25, 0.3) is 0 Å². The standard InChI is InChI=1S/C9H13N3O.C6H6.C5H12/c1-2-4-7(13)9-10-8-5-3-6-12(8)11-9;1-2-4-6-5-3-1;1-3-5-4-2/h2-6H2,1H3;1-6H;3-5H2,1-2H3. The van der Waals surface area contributed by atoms with Gasteiger partial charge in [0.05, 0.1) is 0 Å². The summed E-state index contributed by atoms with van der Waals surface area (Å²) >= 11 is 0. The van der Waals surface area contributed by atoms with Crippen molar-refractivity contribution in [3.63, 3.8) is 0 Å². The van der Waals surface area contributed by atoms with E-state index in [4.69, 9.17) is 0 Å². The molecule has 0 radical (unpaired) electrons. The van der Waals surface area contributed by atoms with Crippen LogP contribution >= 0.6 is 0 Å². The Morgan fingerprint density at radius 1 is 1.00 bits per heavy atom. The molecule has 2 aromatic rings. The third-order valence-corrected chi connectivity index (χ3v) is 3.62. The summed E-state index contributed by atoms with van der Waals surface area (Å²) in [5.41, 5.74) is 0. The van der Waals surface area contributed by atoms with E-state index in [1.165, 1.54) is 19.3 Å². The lowest BCUT2D eigenvalue weighted by atomic mass is 10.2. The number of aryl methyl sites for hydroxylation is 2. The maximum Gasteiger partial charge on any atom is 0.217 e. The van der Waals surface area contributed by atoms with Crippen LogP contribution in [-0.4, -0.2) is 20.5 Å². The SMILES string of the molecule is CCCC(=O)c1nc2n(n1)CCC2.CCCCC.c1ccccc1. The second kappa shape index (κ2) is 12.5. The van der Waals surface area contributed by atoms with Crippen molar-refractivity contribution >= 4 is 5.78 Å². The van der Waals surface area contributed by atoms with E-state index in [1.807, 2.05) is 48.0 Å². The van der Waals surface area contributed by atoms with Gasteiger partial charge in [-0.1, -0.05) is 76.4 Å². The lowest BCUT2D eigenvalue weighted by Crippen LogP contribution is -2.03. The fourth-order valence-electron chi connectivity index (χ4n) is 2.32. The number of hydrogen-bond acceptors (Lipinski definition) is 3. The van der Waals surface area contributed by atoms with E-state index in [1.54, 1.807) is 0 Å². The van der Waals surface area contributed by atoms with Gasteiger partial charge in [0, 0.05) is 19.4 Å². The molecule has 0 bridgehead atoms. The van der Waals surface area contributed by atoms with Gasteiger partial charge in [-0.2, -0.15) is 0 Å². The summed E-state index contributed by atoms with van der Waals surface area (Å²) in [5, 5.41) is 4.17. The van der Waals surface area contributed by atoms with Crippen molar-refractivity contribution in [1.29, 1.82) is 0 Å². The van der Waals surface area contributed by atoms with Crippen molar-refractivity contribution in [2.45, 2.75) is 72.3 Å². The highest BCUT2D eigenvalue weighted by Gasteiger charge is 2.18. The molecule has 1 aliphatic rings. The number of rotatable bonds is 5. The van der Waals surface area contributed by atoms with Gasteiger partial charge in [-0.25, -0.2) is 9.67 Å². The molecule has 4 heteroatoms. The van der Waals surface area contributed by atoms with Crippen LogP contribution < -0.4 is 0 Å². The first-order valence-electron chi connectivity index (χ1n) is 9.19. The van der Waals surface area contributed by atoms with Crippen molar-refractivity contribution in [1.82, 2.24) is 14.8 Å². The van der Waals surface area contributed by atoms with E-state index < -0.39 is 0 Å². The predicted octanol–water partition coefficient (Wildman–Crippen LogP) is 5.09. The van der Waals surface area contributed by atoms with Crippen LogP contribution in [0.3, 0.4) is 0 Å². The summed E-state index contributed by atoms with van der Waals surface area (Å²) in [6, 6.07) is 12.0. The van der Waals surface area contributed by atoms with Crippen LogP contribution in [0.5, 0.6) is 0 Å². The minimum Gasteiger partial charge on any atom is -0.291 e. The minimum atomic E-state index is 0.0735. The van der Waals surface area contributed by atoms with Crippen molar-refractivity contribution in [2.24, 2.45) is 0 Å². The quantitative estimate of drug-likeness (QED) is 0.718. The molecule has 1 aromatic carbocycles. The molecule has 0 saturated carbocycles. The van der Waals surface area contributed by atoms with Crippen molar-refractivity contribution in [3.8, 4) is 0 Å². The number of carbonyl (C=O) groups is 1. The van der Waals surface area contributed by atoms with Crippen LogP contribution in [0.15, 0.2) is 36.4 Å². The number of benzene rings is 1. The van der Waals surface area contributed by atoms with Gasteiger partial charge in [-0.05, 0) is 12.8 Å². The third kappa shape index (κ3) is 7.53. The summed E-state index contributed by atoms with van der Waals surface area (Å²) in [4.78, 5) is 15.6. The Hall–Kier alpha value is -1.97. The molecule has 0 unspecified atom stereocenters. The lowest BCUT2D eigenvalue weighted by molar-refractivity contribution is 0.0971. The molecule has 1 aromatic heterocycles. The number of ketones is 1. The van der Waals surface area contributed by atoms with Crippen molar-refractivity contribution in [3.05, 3.63) is 48.0 Å². The maximum atomic E-state index is 11.4. The average Bonchev–Trinajstić information content (AvgIpc) is 3.20. The van der Waals surface area contributed by atoms with Gasteiger partial charge >= 0.3 is 0 Å². The summed E-state index contributed by atoms with van der Waals surface area (Å²) in [5.74, 6) is 1.46. The predicted molar refractivity (Wildman–Crippen MR) is 99.2 cm³/mol. The Morgan fingerprint density at radius 3 is 2.00 bits per heavy atom. The number of fused-ring (bicyclic) bond motifs is 1. The van der Waals surface area contributed by atoms with Gasteiger partial charge in [-0.3, -0.25) is 4.79 Å². The van der Waals surface area contributed by atoms with E-state index in [9.17, 15) is 4.79 Å². The highest BCUT2D eigenvalue weighted by atomic mass is 16.1. The lowest BCUT2D eigenvalue weighted by Gasteiger charge is -1.91. The number of nitrogens with zero attached hydrogens (tertiary/aromatic N) is 3. The van der Waals surface area contributed by atoms with Gasteiger partial charge < -0.3 is 0 Å². The van der Waals surface area contributed by atoms with E-state index >= 15 is 0 Å². The van der Waals surface area contributed by atoms with E-state index in [0.29, 0.717) is 12.2 Å². The molecule has 1 aliphatic heterocycles. The van der Waals surface area contributed by atoms with E-state index in [0.717, 1.165) is 31.6 Å². The van der Waals surface area contributed by atoms with Gasteiger partial charge in [0.2, 0.25) is 11.6 Å². The van der Waals surface area contributed by atoms with Gasteiger partial charge in [0.1, 0.15) is 5.82 Å². The van der Waals surface area contributed by atoms with Crippen LogP contribution in [0, 0.1) is 0 Å². The van der Waals surface area contributed by atoms with E-state index in [-0.39, 0.29) is 5.78 Å². The maximum absolute atomic E-state index is 11.4. The molecule has 24 heavy (non-hydrogen) atoms.